The number of benzene rings is 1. The molecule has 3 unspecified atom stereocenters. The summed E-state index contributed by atoms with van der Waals surface area (Å²) in [5.74, 6) is 0.978. The molecule has 1 aromatic rings. The van der Waals surface area contributed by atoms with Crippen LogP contribution in [-0.4, -0.2) is 24.5 Å². The summed E-state index contributed by atoms with van der Waals surface area (Å²) in [6, 6.07) is 13.6. The molecule has 2 heteroatoms. The lowest BCUT2D eigenvalue weighted by atomic mass is 9.79. The van der Waals surface area contributed by atoms with Crippen LogP contribution >= 0.6 is 0 Å². The standard InChI is InChI=1S/C17H24N2/c1-14-8-9-16(13-18)17(12-14)19(2)11-10-15-6-4-3-5-7-15/h3-7,14,16-17H,8-12H2,1-2H3. The zero-order valence-electron chi connectivity index (χ0n) is 12.0. The molecule has 0 amide bonds. The molecule has 0 radical (unpaired) electrons. The van der Waals surface area contributed by atoms with E-state index < -0.39 is 0 Å². The number of nitrogens with zero attached hydrogens (tertiary/aromatic N) is 2. The van der Waals surface area contributed by atoms with Crippen molar-refractivity contribution in [2.45, 2.75) is 38.6 Å². The minimum Gasteiger partial charge on any atom is -0.302 e. The maximum absolute atomic E-state index is 9.31. The average Bonchev–Trinajstić information content (AvgIpc) is 2.46. The Labute approximate surface area is 117 Å². The lowest BCUT2D eigenvalue weighted by Gasteiger charge is -2.37. The van der Waals surface area contributed by atoms with E-state index in [2.05, 4.69) is 55.3 Å². The van der Waals surface area contributed by atoms with Crippen LogP contribution in [0, 0.1) is 23.2 Å². The van der Waals surface area contributed by atoms with Crippen molar-refractivity contribution in [1.82, 2.24) is 4.90 Å². The van der Waals surface area contributed by atoms with Gasteiger partial charge in [0.1, 0.15) is 0 Å². The maximum Gasteiger partial charge on any atom is 0.0672 e. The number of hydrogen-bond acceptors (Lipinski definition) is 2. The molecule has 0 aromatic heterocycles. The zero-order valence-corrected chi connectivity index (χ0v) is 12.0. The molecule has 0 heterocycles. The molecule has 19 heavy (non-hydrogen) atoms. The van der Waals surface area contributed by atoms with Crippen LogP contribution in [0.1, 0.15) is 31.7 Å². The Kier molecular flexibility index (Phi) is 4.99. The summed E-state index contributed by atoms with van der Waals surface area (Å²) in [6.45, 7) is 3.35. The number of nitriles is 1. The smallest absolute Gasteiger partial charge is 0.0672 e. The molecule has 0 saturated heterocycles. The third-order valence-electron chi connectivity index (χ3n) is 4.41. The van der Waals surface area contributed by atoms with Gasteiger partial charge in [-0.3, -0.25) is 0 Å². The van der Waals surface area contributed by atoms with E-state index in [4.69, 9.17) is 0 Å². The molecule has 1 aromatic carbocycles. The van der Waals surface area contributed by atoms with Crippen LogP contribution in [0.5, 0.6) is 0 Å². The van der Waals surface area contributed by atoms with Gasteiger partial charge < -0.3 is 4.90 Å². The molecule has 2 rings (SSSR count). The van der Waals surface area contributed by atoms with E-state index in [-0.39, 0.29) is 5.92 Å². The highest BCUT2D eigenvalue weighted by molar-refractivity contribution is 5.15. The summed E-state index contributed by atoms with van der Waals surface area (Å²) >= 11 is 0. The summed E-state index contributed by atoms with van der Waals surface area (Å²) in [5, 5.41) is 9.31. The van der Waals surface area contributed by atoms with Crippen LogP contribution in [0.15, 0.2) is 30.3 Å². The Hall–Kier alpha value is -1.33. The van der Waals surface area contributed by atoms with Crippen LogP contribution in [0.2, 0.25) is 0 Å². The molecule has 0 spiro atoms. The highest BCUT2D eigenvalue weighted by atomic mass is 15.1. The summed E-state index contributed by atoms with van der Waals surface area (Å²) in [6.07, 6.45) is 4.52. The Morgan fingerprint density at radius 3 is 2.68 bits per heavy atom. The highest BCUT2D eigenvalue weighted by Crippen LogP contribution is 2.31. The molecule has 0 aliphatic heterocycles. The van der Waals surface area contributed by atoms with E-state index in [1.165, 1.54) is 18.4 Å². The minimum atomic E-state index is 0.219. The van der Waals surface area contributed by atoms with Gasteiger partial charge in [-0.15, -0.1) is 0 Å². The van der Waals surface area contributed by atoms with Gasteiger partial charge in [0.25, 0.3) is 0 Å². The monoisotopic (exact) mass is 256 g/mol. The number of hydrogen-bond donors (Lipinski definition) is 0. The van der Waals surface area contributed by atoms with Gasteiger partial charge >= 0.3 is 0 Å². The van der Waals surface area contributed by atoms with Gasteiger partial charge in [-0.25, -0.2) is 0 Å². The molecule has 2 nitrogen and oxygen atoms in total. The van der Waals surface area contributed by atoms with Crippen LogP contribution < -0.4 is 0 Å². The van der Waals surface area contributed by atoms with E-state index in [0.29, 0.717) is 6.04 Å². The van der Waals surface area contributed by atoms with Crippen molar-refractivity contribution >= 4 is 0 Å². The van der Waals surface area contributed by atoms with Gasteiger partial charge in [0.05, 0.1) is 12.0 Å². The molecule has 102 valence electrons. The van der Waals surface area contributed by atoms with Gasteiger partial charge in [-0.05, 0) is 44.2 Å². The summed E-state index contributed by atoms with van der Waals surface area (Å²) in [7, 11) is 2.18. The molecule has 3 atom stereocenters. The van der Waals surface area contributed by atoms with Gasteiger partial charge in [-0.2, -0.15) is 5.26 Å². The van der Waals surface area contributed by atoms with Crippen molar-refractivity contribution in [3.63, 3.8) is 0 Å². The first-order valence-electron chi connectivity index (χ1n) is 7.34. The fourth-order valence-corrected chi connectivity index (χ4v) is 3.10. The second kappa shape index (κ2) is 6.73. The molecule has 1 aliphatic rings. The van der Waals surface area contributed by atoms with Crippen molar-refractivity contribution in [2.24, 2.45) is 11.8 Å². The lowest BCUT2D eigenvalue weighted by molar-refractivity contribution is 0.132. The topological polar surface area (TPSA) is 27.0 Å². The SMILES string of the molecule is CC1CCC(C#N)C(N(C)CCc2ccccc2)C1. The number of rotatable bonds is 4. The quantitative estimate of drug-likeness (QED) is 0.824. The van der Waals surface area contributed by atoms with Gasteiger partial charge in [0.15, 0.2) is 0 Å². The van der Waals surface area contributed by atoms with Gasteiger partial charge in [-0.1, -0.05) is 37.3 Å². The third kappa shape index (κ3) is 3.81. The molecule has 1 fully saturated rings. The van der Waals surface area contributed by atoms with E-state index in [9.17, 15) is 5.26 Å². The van der Waals surface area contributed by atoms with Crippen molar-refractivity contribution in [2.75, 3.05) is 13.6 Å². The average molecular weight is 256 g/mol. The third-order valence-corrected chi connectivity index (χ3v) is 4.41. The minimum absolute atomic E-state index is 0.219. The first-order chi connectivity index (χ1) is 9.20. The Morgan fingerprint density at radius 2 is 2.00 bits per heavy atom. The molecule has 0 bridgehead atoms. The van der Waals surface area contributed by atoms with E-state index in [0.717, 1.165) is 25.3 Å². The molecule has 1 aliphatic carbocycles. The zero-order chi connectivity index (χ0) is 13.7. The summed E-state index contributed by atoms with van der Waals surface area (Å²) in [5.41, 5.74) is 1.38. The lowest BCUT2D eigenvalue weighted by Crippen LogP contribution is -2.42. The Bertz CT molecular complexity index is 421. The van der Waals surface area contributed by atoms with Crippen molar-refractivity contribution < 1.29 is 0 Å². The van der Waals surface area contributed by atoms with Gasteiger partial charge in [0, 0.05) is 12.6 Å². The fraction of sp³-hybridized carbons (Fsp3) is 0.588. The van der Waals surface area contributed by atoms with E-state index in [1.54, 1.807) is 0 Å². The molecular weight excluding hydrogens is 232 g/mol. The summed E-state index contributed by atoms with van der Waals surface area (Å²) in [4.78, 5) is 2.40. The van der Waals surface area contributed by atoms with E-state index >= 15 is 0 Å². The first-order valence-corrected chi connectivity index (χ1v) is 7.34. The van der Waals surface area contributed by atoms with Crippen LogP contribution in [-0.2, 0) is 6.42 Å². The first kappa shape index (κ1) is 14.1. The van der Waals surface area contributed by atoms with Crippen LogP contribution in [0.25, 0.3) is 0 Å². The predicted octanol–water partition coefficient (Wildman–Crippen LogP) is 3.49. The van der Waals surface area contributed by atoms with Crippen LogP contribution in [0.4, 0.5) is 0 Å². The fourth-order valence-electron chi connectivity index (χ4n) is 3.10. The van der Waals surface area contributed by atoms with Crippen LogP contribution in [0.3, 0.4) is 0 Å². The second-order valence-corrected chi connectivity index (χ2v) is 5.94. The largest absolute Gasteiger partial charge is 0.302 e. The van der Waals surface area contributed by atoms with Crippen molar-refractivity contribution in [3.8, 4) is 6.07 Å². The number of likely N-dealkylation sites (N-methyl/N-ethyl adjacent to an activating group) is 1. The Morgan fingerprint density at radius 1 is 1.26 bits per heavy atom. The summed E-state index contributed by atoms with van der Waals surface area (Å²) < 4.78 is 0. The highest BCUT2D eigenvalue weighted by Gasteiger charge is 2.31. The van der Waals surface area contributed by atoms with Gasteiger partial charge in [0.2, 0.25) is 0 Å². The molecular formula is C17H24N2. The molecule has 0 N–H and O–H groups in total. The predicted molar refractivity (Wildman–Crippen MR) is 78.7 cm³/mol. The van der Waals surface area contributed by atoms with Crippen molar-refractivity contribution in [3.05, 3.63) is 35.9 Å². The second-order valence-electron chi connectivity index (χ2n) is 5.94. The Balaban J connectivity index is 1.91. The normalized spacial score (nSPS) is 27.2. The molecule has 1 saturated carbocycles. The van der Waals surface area contributed by atoms with Crippen molar-refractivity contribution in [1.29, 1.82) is 5.26 Å². The van der Waals surface area contributed by atoms with E-state index in [1.807, 2.05) is 0 Å². The maximum atomic E-state index is 9.31.